The predicted molar refractivity (Wildman–Crippen MR) is 85.1 cm³/mol. The van der Waals surface area contributed by atoms with E-state index in [4.69, 9.17) is 4.74 Å². The molecule has 0 spiro atoms. The summed E-state index contributed by atoms with van der Waals surface area (Å²) in [5.74, 6) is 0. The fourth-order valence-electron chi connectivity index (χ4n) is 1.65. The average Bonchev–Trinajstić information content (AvgIpc) is 2.19. The highest BCUT2D eigenvalue weighted by atomic mass is 16.6. The Bertz CT molecular complexity index is 311. The fraction of sp³-hybridized carbons (Fsp3) is 0.938. The largest absolute Gasteiger partial charge is 0.444 e. The van der Waals surface area contributed by atoms with E-state index >= 15 is 0 Å². The molecular weight excluding hydrogens is 252 g/mol. The zero-order valence-electron chi connectivity index (χ0n) is 14.9. The van der Waals surface area contributed by atoms with E-state index in [1.54, 1.807) is 4.90 Å². The molecule has 0 saturated heterocycles. The van der Waals surface area contributed by atoms with Crippen molar-refractivity contribution >= 4 is 6.09 Å². The maximum atomic E-state index is 12.3. The minimum absolute atomic E-state index is 0.0947. The number of ether oxygens (including phenoxy) is 1. The highest BCUT2D eigenvalue weighted by Crippen LogP contribution is 2.18. The number of amides is 1. The summed E-state index contributed by atoms with van der Waals surface area (Å²) in [7, 11) is 0. The van der Waals surface area contributed by atoms with Crippen molar-refractivity contribution in [3.8, 4) is 0 Å². The first kappa shape index (κ1) is 19.2. The van der Waals surface area contributed by atoms with Gasteiger partial charge in [0.2, 0.25) is 0 Å². The molecule has 1 amide bonds. The van der Waals surface area contributed by atoms with Gasteiger partial charge in [0, 0.05) is 24.2 Å². The molecule has 4 nitrogen and oxygen atoms in total. The van der Waals surface area contributed by atoms with Crippen LogP contribution in [-0.2, 0) is 4.74 Å². The van der Waals surface area contributed by atoms with Crippen LogP contribution >= 0.6 is 0 Å². The Morgan fingerprint density at radius 1 is 1.05 bits per heavy atom. The van der Waals surface area contributed by atoms with Gasteiger partial charge in [-0.05, 0) is 61.8 Å². The van der Waals surface area contributed by atoms with Crippen molar-refractivity contribution in [1.82, 2.24) is 10.2 Å². The van der Waals surface area contributed by atoms with Gasteiger partial charge in [-0.1, -0.05) is 6.92 Å². The van der Waals surface area contributed by atoms with Crippen LogP contribution in [0.3, 0.4) is 0 Å². The second-order valence-electron chi connectivity index (χ2n) is 7.97. The molecule has 0 unspecified atom stereocenters. The van der Waals surface area contributed by atoms with Gasteiger partial charge in [-0.15, -0.1) is 0 Å². The van der Waals surface area contributed by atoms with Crippen LogP contribution in [0.4, 0.5) is 4.79 Å². The first-order valence-electron chi connectivity index (χ1n) is 7.54. The van der Waals surface area contributed by atoms with E-state index < -0.39 is 5.60 Å². The molecular formula is C16H34N2O2. The van der Waals surface area contributed by atoms with Crippen molar-refractivity contribution in [3.05, 3.63) is 0 Å². The first-order valence-corrected chi connectivity index (χ1v) is 7.54. The Morgan fingerprint density at radius 2 is 1.55 bits per heavy atom. The number of nitrogens with zero attached hydrogens (tertiary/aromatic N) is 1. The molecule has 0 aliphatic carbocycles. The molecule has 0 aromatic rings. The maximum absolute atomic E-state index is 12.3. The van der Waals surface area contributed by atoms with Crippen LogP contribution in [0.15, 0.2) is 0 Å². The molecule has 0 atom stereocenters. The topological polar surface area (TPSA) is 41.6 Å². The molecule has 0 bridgehead atoms. The van der Waals surface area contributed by atoms with Gasteiger partial charge in [-0.25, -0.2) is 4.79 Å². The third-order valence-electron chi connectivity index (χ3n) is 3.25. The second kappa shape index (κ2) is 6.79. The van der Waals surface area contributed by atoms with Crippen molar-refractivity contribution in [3.63, 3.8) is 0 Å². The van der Waals surface area contributed by atoms with E-state index in [0.29, 0.717) is 6.54 Å². The molecule has 4 heteroatoms. The van der Waals surface area contributed by atoms with E-state index in [0.717, 1.165) is 13.0 Å². The molecule has 0 saturated carbocycles. The minimum atomic E-state index is -0.462. The van der Waals surface area contributed by atoms with Gasteiger partial charge in [-0.2, -0.15) is 0 Å². The monoisotopic (exact) mass is 286 g/mol. The van der Waals surface area contributed by atoms with Gasteiger partial charge >= 0.3 is 6.09 Å². The smallest absolute Gasteiger partial charge is 0.410 e. The molecule has 0 fully saturated rings. The Hall–Kier alpha value is -0.770. The number of hydrogen-bond donors (Lipinski definition) is 1. The van der Waals surface area contributed by atoms with Gasteiger partial charge < -0.3 is 15.0 Å². The highest BCUT2D eigenvalue weighted by molar-refractivity contribution is 5.69. The number of carbonyl (C=O) groups excluding carboxylic acids is 1. The molecule has 120 valence electrons. The summed E-state index contributed by atoms with van der Waals surface area (Å²) in [5.41, 5.74) is -0.617. The Morgan fingerprint density at radius 3 is 1.90 bits per heavy atom. The van der Waals surface area contributed by atoms with Crippen molar-refractivity contribution in [1.29, 1.82) is 0 Å². The van der Waals surface area contributed by atoms with E-state index in [2.05, 4.69) is 26.1 Å². The average molecular weight is 286 g/mol. The summed E-state index contributed by atoms with van der Waals surface area (Å²) in [6.07, 6.45) is 0.802. The lowest BCUT2D eigenvalue weighted by molar-refractivity contribution is 0.00616. The van der Waals surface area contributed by atoms with Crippen LogP contribution in [0.1, 0.15) is 68.7 Å². The molecule has 20 heavy (non-hydrogen) atoms. The predicted octanol–water partition coefficient (Wildman–Crippen LogP) is 3.80. The molecule has 0 aliphatic rings. The zero-order valence-corrected chi connectivity index (χ0v) is 14.9. The van der Waals surface area contributed by atoms with Crippen LogP contribution in [0.2, 0.25) is 0 Å². The third-order valence-corrected chi connectivity index (χ3v) is 3.25. The lowest BCUT2D eigenvalue weighted by Crippen LogP contribution is -2.52. The van der Waals surface area contributed by atoms with Crippen LogP contribution in [0.25, 0.3) is 0 Å². The van der Waals surface area contributed by atoms with Crippen LogP contribution in [0.5, 0.6) is 0 Å². The summed E-state index contributed by atoms with van der Waals surface area (Å²) in [6, 6.07) is 0. The van der Waals surface area contributed by atoms with Crippen molar-refractivity contribution in [2.45, 2.75) is 85.4 Å². The summed E-state index contributed by atoms with van der Waals surface area (Å²) in [6.45, 7) is 19.7. The van der Waals surface area contributed by atoms with Crippen molar-refractivity contribution in [2.75, 3.05) is 13.1 Å². The number of nitrogens with one attached hydrogen (secondary N) is 1. The Kier molecular flexibility index (Phi) is 6.53. The summed E-state index contributed by atoms with van der Waals surface area (Å²) < 4.78 is 5.49. The third kappa shape index (κ3) is 7.73. The SMILES string of the molecule is CCC(C)(C)NCCN(C(=O)OC(C)(C)C)C(C)(C)C. The second-order valence-corrected chi connectivity index (χ2v) is 7.97. The van der Waals surface area contributed by atoms with Crippen molar-refractivity contribution in [2.24, 2.45) is 0 Å². The number of carbonyl (C=O) groups is 1. The molecule has 0 aromatic carbocycles. The van der Waals surface area contributed by atoms with Crippen molar-refractivity contribution < 1.29 is 9.53 Å². The summed E-state index contributed by atoms with van der Waals surface area (Å²) in [4.78, 5) is 14.1. The number of hydrogen-bond acceptors (Lipinski definition) is 3. The normalized spacial score (nSPS) is 13.2. The molecule has 0 aliphatic heterocycles. The molecule has 0 radical (unpaired) electrons. The lowest BCUT2D eigenvalue weighted by atomic mass is 10.0. The molecule has 0 heterocycles. The number of rotatable bonds is 5. The standard InChI is InChI=1S/C16H34N2O2/c1-10-16(8,9)17-11-12-18(14(2,3)4)13(19)20-15(5,6)7/h17H,10-12H2,1-9H3. The fourth-order valence-corrected chi connectivity index (χ4v) is 1.65. The summed E-state index contributed by atoms with van der Waals surface area (Å²) >= 11 is 0. The lowest BCUT2D eigenvalue weighted by Gasteiger charge is -2.37. The van der Waals surface area contributed by atoms with Crippen LogP contribution in [-0.4, -0.2) is 40.8 Å². The van der Waals surface area contributed by atoms with Gasteiger partial charge in [0.25, 0.3) is 0 Å². The Labute approximate surface area is 125 Å². The highest BCUT2D eigenvalue weighted by Gasteiger charge is 2.30. The van der Waals surface area contributed by atoms with Gasteiger partial charge in [-0.3, -0.25) is 0 Å². The van der Waals surface area contributed by atoms with Gasteiger partial charge in [0.15, 0.2) is 0 Å². The molecule has 0 rings (SSSR count). The van der Waals surface area contributed by atoms with Gasteiger partial charge in [0.05, 0.1) is 0 Å². The maximum Gasteiger partial charge on any atom is 0.410 e. The molecule has 1 N–H and O–H groups in total. The van der Waals surface area contributed by atoms with E-state index in [9.17, 15) is 4.79 Å². The Balaban J connectivity index is 4.65. The van der Waals surface area contributed by atoms with E-state index in [1.807, 2.05) is 41.5 Å². The van der Waals surface area contributed by atoms with E-state index in [-0.39, 0.29) is 17.2 Å². The minimum Gasteiger partial charge on any atom is -0.444 e. The van der Waals surface area contributed by atoms with E-state index in [1.165, 1.54) is 0 Å². The first-order chi connectivity index (χ1) is 8.78. The quantitative estimate of drug-likeness (QED) is 0.836. The summed E-state index contributed by atoms with van der Waals surface area (Å²) in [5, 5.41) is 3.48. The van der Waals surface area contributed by atoms with Gasteiger partial charge in [0.1, 0.15) is 5.60 Å². The zero-order chi connectivity index (χ0) is 16.2. The molecule has 0 aromatic heterocycles. The van der Waals surface area contributed by atoms with Crippen LogP contribution < -0.4 is 5.32 Å². The van der Waals surface area contributed by atoms with Crippen LogP contribution in [0, 0.1) is 0 Å².